The number of phenols is 1. The zero-order valence-electron chi connectivity index (χ0n) is 18.6. The van der Waals surface area contributed by atoms with E-state index >= 15 is 0 Å². The van der Waals surface area contributed by atoms with E-state index in [1.165, 1.54) is 33.1 Å². The molecule has 0 atom stereocenters. The lowest BCUT2D eigenvalue weighted by Crippen LogP contribution is -2.17. The summed E-state index contributed by atoms with van der Waals surface area (Å²) in [4.78, 5) is 0. The zero-order valence-corrected chi connectivity index (χ0v) is 18.6. The number of fused-ring (bicyclic) bond motifs is 3. The first-order valence-electron chi connectivity index (χ1n) is 10.4. The number of aromatic hydroxyl groups is 1. The number of benzene rings is 2. The molecule has 0 amide bonds. The van der Waals surface area contributed by atoms with Gasteiger partial charge in [0.25, 0.3) is 0 Å². The second-order valence-corrected chi connectivity index (χ2v) is 10.3. The zero-order chi connectivity index (χ0) is 21.1. The average molecular weight is 386 g/mol. The molecule has 0 aliphatic rings. The van der Waals surface area contributed by atoms with Crippen molar-refractivity contribution in [2.24, 2.45) is 0 Å². The summed E-state index contributed by atoms with van der Waals surface area (Å²) in [7, 11) is 0. The Morgan fingerprint density at radius 1 is 0.759 bits per heavy atom. The molecule has 1 N–H and O–H groups in total. The van der Waals surface area contributed by atoms with Crippen LogP contribution in [0, 0.1) is 6.92 Å². The summed E-state index contributed by atoms with van der Waals surface area (Å²) in [5.41, 5.74) is 7.74. The molecule has 0 bridgehead atoms. The fraction of sp³-hybridized carbons (Fsp3) is 0.333. The number of phenolic OH excluding ortho intramolecular Hbond substituents is 1. The summed E-state index contributed by atoms with van der Waals surface area (Å²) in [6.07, 6.45) is 2.21. The molecule has 0 saturated carbocycles. The highest BCUT2D eigenvalue weighted by atomic mass is 16.3. The van der Waals surface area contributed by atoms with Gasteiger partial charge in [-0.3, -0.25) is 0 Å². The lowest BCUT2D eigenvalue weighted by atomic mass is 9.77. The van der Waals surface area contributed by atoms with Crippen LogP contribution in [-0.2, 0) is 10.8 Å². The van der Waals surface area contributed by atoms with E-state index in [2.05, 4.69) is 108 Å². The van der Waals surface area contributed by atoms with Gasteiger partial charge in [0.2, 0.25) is 0 Å². The maximum absolute atomic E-state index is 11.1. The fourth-order valence-electron chi connectivity index (χ4n) is 4.27. The third kappa shape index (κ3) is 3.21. The molecule has 0 spiro atoms. The first kappa shape index (κ1) is 19.6. The van der Waals surface area contributed by atoms with Crippen LogP contribution in [0.4, 0.5) is 0 Å². The number of nitrogens with zero attached hydrogens (tertiary/aromatic N) is 1. The van der Waals surface area contributed by atoms with Crippen molar-refractivity contribution < 1.29 is 5.11 Å². The number of hydrogen-bond donors (Lipinski definition) is 1. The van der Waals surface area contributed by atoms with Crippen molar-refractivity contribution in [3.8, 4) is 16.9 Å². The predicted octanol–water partition coefficient (Wildman–Crippen LogP) is 7.37. The highest BCUT2D eigenvalue weighted by Gasteiger charge is 2.27. The van der Waals surface area contributed by atoms with E-state index in [4.69, 9.17) is 0 Å². The third-order valence-electron chi connectivity index (χ3n) is 5.80. The number of hydrogen-bond acceptors (Lipinski definition) is 1. The minimum atomic E-state index is -0.151. The van der Waals surface area contributed by atoms with Crippen LogP contribution in [0.25, 0.3) is 27.5 Å². The Balaban J connectivity index is 2.16. The number of aromatic nitrogens is 1. The van der Waals surface area contributed by atoms with Gasteiger partial charge >= 0.3 is 0 Å². The number of para-hydroxylation sites is 1. The maximum Gasteiger partial charge on any atom is 0.123 e. The monoisotopic (exact) mass is 385 g/mol. The molecule has 29 heavy (non-hydrogen) atoms. The van der Waals surface area contributed by atoms with Crippen LogP contribution in [-0.4, -0.2) is 9.51 Å². The van der Waals surface area contributed by atoms with Crippen molar-refractivity contribution in [1.82, 2.24) is 4.40 Å². The molecule has 2 heteroatoms. The molecule has 0 saturated heterocycles. The average Bonchev–Trinajstić information content (AvgIpc) is 2.94. The molecular weight excluding hydrogens is 354 g/mol. The molecule has 2 heterocycles. The molecule has 0 radical (unpaired) electrons. The van der Waals surface area contributed by atoms with E-state index in [1.54, 1.807) is 0 Å². The van der Waals surface area contributed by atoms with Crippen molar-refractivity contribution in [3.05, 3.63) is 71.4 Å². The Kier molecular flexibility index (Phi) is 4.31. The molecular formula is C27H31NO. The minimum absolute atomic E-state index is 0.151. The minimum Gasteiger partial charge on any atom is -0.507 e. The van der Waals surface area contributed by atoms with E-state index in [1.807, 2.05) is 0 Å². The van der Waals surface area contributed by atoms with Crippen molar-refractivity contribution in [2.45, 2.75) is 59.3 Å². The first-order chi connectivity index (χ1) is 13.5. The largest absolute Gasteiger partial charge is 0.507 e. The Hall–Kier alpha value is -2.74. The van der Waals surface area contributed by atoms with Gasteiger partial charge in [-0.05, 0) is 53.1 Å². The van der Waals surface area contributed by atoms with E-state index in [0.29, 0.717) is 5.75 Å². The molecule has 150 valence electrons. The molecule has 2 nitrogen and oxygen atoms in total. The van der Waals surface area contributed by atoms with Gasteiger partial charge in [0.15, 0.2) is 0 Å². The van der Waals surface area contributed by atoms with Crippen LogP contribution >= 0.6 is 0 Å². The van der Waals surface area contributed by atoms with Crippen molar-refractivity contribution >= 4 is 16.4 Å². The third-order valence-corrected chi connectivity index (χ3v) is 5.80. The standard InChI is InChI=1S/C27H31NO/c1-17-12-13-23-24(19-10-8-9-11-22(19)28(23)16-17)18-14-20(26(2,3)4)25(29)21(15-18)27(5,6)7/h8-16,29H,1-7H3. The highest BCUT2D eigenvalue weighted by Crippen LogP contribution is 2.44. The number of pyridine rings is 1. The maximum atomic E-state index is 11.1. The Labute approximate surface area is 173 Å². The normalized spacial score (nSPS) is 12.8. The summed E-state index contributed by atoms with van der Waals surface area (Å²) < 4.78 is 2.29. The summed E-state index contributed by atoms with van der Waals surface area (Å²) in [6.45, 7) is 15.1. The second-order valence-electron chi connectivity index (χ2n) is 10.3. The van der Waals surface area contributed by atoms with Gasteiger partial charge in [0, 0.05) is 28.3 Å². The lowest BCUT2D eigenvalue weighted by molar-refractivity contribution is 0.423. The Bertz CT molecular complexity index is 1190. The van der Waals surface area contributed by atoms with Crippen LogP contribution < -0.4 is 0 Å². The van der Waals surface area contributed by atoms with Crippen LogP contribution in [0.5, 0.6) is 5.75 Å². The highest BCUT2D eigenvalue weighted by molar-refractivity contribution is 6.06. The summed E-state index contributed by atoms with van der Waals surface area (Å²) in [5, 5.41) is 12.4. The molecule has 0 aliphatic carbocycles. The van der Waals surface area contributed by atoms with Gasteiger partial charge in [-0.1, -0.05) is 65.8 Å². The van der Waals surface area contributed by atoms with Crippen molar-refractivity contribution in [2.75, 3.05) is 0 Å². The second kappa shape index (κ2) is 6.38. The van der Waals surface area contributed by atoms with Gasteiger partial charge in [0.1, 0.15) is 5.75 Å². The summed E-state index contributed by atoms with van der Waals surface area (Å²) in [6, 6.07) is 17.3. The van der Waals surface area contributed by atoms with Crippen LogP contribution in [0.2, 0.25) is 0 Å². The van der Waals surface area contributed by atoms with Gasteiger partial charge < -0.3 is 9.51 Å². The van der Waals surface area contributed by atoms with E-state index in [9.17, 15) is 5.11 Å². The molecule has 4 aromatic rings. The number of aryl methyl sites for hydroxylation is 1. The molecule has 2 aromatic heterocycles. The molecule has 0 aliphatic heterocycles. The van der Waals surface area contributed by atoms with Crippen LogP contribution in [0.1, 0.15) is 58.2 Å². The van der Waals surface area contributed by atoms with Crippen LogP contribution in [0.15, 0.2) is 54.7 Å². The van der Waals surface area contributed by atoms with Gasteiger partial charge in [-0.25, -0.2) is 0 Å². The summed E-state index contributed by atoms with van der Waals surface area (Å²) >= 11 is 0. The van der Waals surface area contributed by atoms with Gasteiger partial charge in [-0.2, -0.15) is 0 Å². The SMILES string of the molecule is Cc1ccc2c(-c3cc(C(C)(C)C)c(O)c(C(C)(C)C)c3)c3ccccc3n2c1. The molecule has 0 fully saturated rings. The smallest absolute Gasteiger partial charge is 0.123 e. The van der Waals surface area contributed by atoms with Gasteiger partial charge in [0.05, 0.1) is 11.0 Å². The lowest BCUT2D eigenvalue weighted by Gasteiger charge is -2.28. The molecule has 4 rings (SSSR count). The van der Waals surface area contributed by atoms with Crippen molar-refractivity contribution in [3.63, 3.8) is 0 Å². The fourth-order valence-corrected chi connectivity index (χ4v) is 4.27. The first-order valence-corrected chi connectivity index (χ1v) is 10.4. The van der Waals surface area contributed by atoms with E-state index in [-0.39, 0.29) is 10.8 Å². The topological polar surface area (TPSA) is 24.6 Å². The van der Waals surface area contributed by atoms with Crippen LogP contribution in [0.3, 0.4) is 0 Å². The quantitative estimate of drug-likeness (QED) is 0.363. The predicted molar refractivity (Wildman–Crippen MR) is 124 cm³/mol. The summed E-state index contributed by atoms with van der Waals surface area (Å²) in [5.74, 6) is 0.428. The molecule has 2 aromatic carbocycles. The molecule has 0 unspecified atom stereocenters. The Morgan fingerprint density at radius 2 is 1.34 bits per heavy atom. The van der Waals surface area contributed by atoms with E-state index in [0.717, 1.165) is 11.1 Å². The Morgan fingerprint density at radius 3 is 1.93 bits per heavy atom. The number of rotatable bonds is 1. The van der Waals surface area contributed by atoms with Gasteiger partial charge in [-0.15, -0.1) is 0 Å². The van der Waals surface area contributed by atoms with Crippen molar-refractivity contribution in [1.29, 1.82) is 0 Å². The van der Waals surface area contributed by atoms with E-state index < -0.39 is 0 Å².